The van der Waals surface area contributed by atoms with E-state index in [4.69, 9.17) is 9.84 Å². The molecule has 0 fully saturated rings. The van der Waals surface area contributed by atoms with Crippen LogP contribution < -0.4 is 4.74 Å². The van der Waals surface area contributed by atoms with Crippen molar-refractivity contribution in [1.82, 2.24) is 9.55 Å². The Kier molecular flexibility index (Phi) is 5.91. The van der Waals surface area contributed by atoms with Crippen LogP contribution in [0, 0.1) is 13.8 Å². The molecule has 1 unspecified atom stereocenters. The maximum absolute atomic E-state index is 10.5. The van der Waals surface area contributed by atoms with Gasteiger partial charge >= 0.3 is 0 Å². The van der Waals surface area contributed by atoms with E-state index < -0.39 is 6.10 Å². The van der Waals surface area contributed by atoms with Crippen LogP contribution in [-0.4, -0.2) is 39.1 Å². The zero-order chi connectivity index (χ0) is 18.5. The molecule has 1 aromatic heterocycles. The van der Waals surface area contributed by atoms with Gasteiger partial charge in [0, 0.05) is 13.0 Å². The fourth-order valence-electron chi connectivity index (χ4n) is 3.17. The minimum Gasteiger partial charge on any atom is -0.491 e. The van der Waals surface area contributed by atoms with E-state index >= 15 is 0 Å². The molecule has 5 nitrogen and oxygen atoms in total. The molecule has 2 aromatic carbocycles. The van der Waals surface area contributed by atoms with Crippen LogP contribution >= 0.6 is 0 Å². The molecule has 1 atom stereocenters. The maximum atomic E-state index is 10.5. The third-order valence-electron chi connectivity index (χ3n) is 4.45. The molecule has 138 valence electrons. The third-order valence-corrected chi connectivity index (χ3v) is 4.45. The number of imidazole rings is 1. The summed E-state index contributed by atoms with van der Waals surface area (Å²) in [5.74, 6) is 1.68. The molecule has 3 aromatic rings. The van der Waals surface area contributed by atoms with Crippen molar-refractivity contribution < 1.29 is 14.9 Å². The van der Waals surface area contributed by atoms with Gasteiger partial charge in [-0.25, -0.2) is 4.98 Å². The second-order valence-electron chi connectivity index (χ2n) is 6.69. The zero-order valence-electron chi connectivity index (χ0n) is 15.4. The highest BCUT2D eigenvalue weighted by atomic mass is 16.5. The largest absolute Gasteiger partial charge is 0.491 e. The molecule has 0 radical (unpaired) electrons. The van der Waals surface area contributed by atoms with Crippen LogP contribution in [0.2, 0.25) is 0 Å². The number of aliphatic hydroxyl groups is 2. The number of aryl methyl sites for hydroxylation is 3. The van der Waals surface area contributed by atoms with Crippen LogP contribution in [0.4, 0.5) is 0 Å². The molecule has 0 spiro atoms. The van der Waals surface area contributed by atoms with Crippen molar-refractivity contribution >= 4 is 11.0 Å². The number of benzene rings is 2. The first kappa shape index (κ1) is 18.4. The molecule has 26 heavy (non-hydrogen) atoms. The van der Waals surface area contributed by atoms with Gasteiger partial charge in [-0.2, -0.15) is 0 Å². The second-order valence-corrected chi connectivity index (χ2v) is 6.69. The van der Waals surface area contributed by atoms with E-state index in [1.54, 1.807) is 0 Å². The summed E-state index contributed by atoms with van der Waals surface area (Å²) >= 11 is 0. The molecule has 0 saturated carbocycles. The standard InChI is InChI=1S/C21H26N2O3/c1-15-9-10-20(16(2)12-15)26-14-17(25)13-23-19-7-4-3-6-18(19)22-21(23)8-5-11-24/h3-4,6-7,9-10,12,17,24-25H,5,8,11,13-14H2,1-2H3. The minimum absolute atomic E-state index is 0.127. The number of aromatic nitrogens is 2. The quantitative estimate of drug-likeness (QED) is 0.652. The van der Waals surface area contributed by atoms with Crippen LogP contribution in [0.15, 0.2) is 42.5 Å². The van der Waals surface area contributed by atoms with Gasteiger partial charge in [-0.1, -0.05) is 29.8 Å². The summed E-state index contributed by atoms with van der Waals surface area (Å²) in [6.45, 7) is 4.80. The Labute approximate surface area is 153 Å². The van der Waals surface area contributed by atoms with Crippen molar-refractivity contribution in [3.63, 3.8) is 0 Å². The number of para-hydroxylation sites is 2. The molecule has 2 N–H and O–H groups in total. The van der Waals surface area contributed by atoms with E-state index in [-0.39, 0.29) is 13.2 Å². The van der Waals surface area contributed by atoms with Gasteiger partial charge in [0.25, 0.3) is 0 Å². The smallest absolute Gasteiger partial charge is 0.122 e. The molecule has 0 bridgehead atoms. The Hall–Kier alpha value is -2.37. The first-order chi connectivity index (χ1) is 12.6. The number of hydrogen-bond acceptors (Lipinski definition) is 4. The summed E-state index contributed by atoms with van der Waals surface area (Å²) in [5, 5.41) is 19.6. The number of fused-ring (bicyclic) bond motifs is 1. The summed E-state index contributed by atoms with van der Waals surface area (Å²) in [4.78, 5) is 4.65. The van der Waals surface area contributed by atoms with Gasteiger partial charge in [0.15, 0.2) is 0 Å². The highest BCUT2D eigenvalue weighted by Crippen LogP contribution is 2.20. The average Bonchev–Trinajstić information content (AvgIpc) is 2.97. The van der Waals surface area contributed by atoms with E-state index in [1.165, 1.54) is 5.56 Å². The molecule has 0 aliphatic rings. The fourth-order valence-corrected chi connectivity index (χ4v) is 3.17. The van der Waals surface area contributed by atoms with Crippen molar-refractivity contribution in [2.45, 2.75) is 39.3 Å². The highest BCUT2D eigenvalue weighted by molar-refractivity contribution is 5.75. The number of aliphatic hydroxyl groups excluding tert-OH is 2. The molecule has 1 heterocycles. The lowest BCUT2D eigenvalue weighted by Gasteiger charge is -2.16. The summed E-state index contributed by atoms with van der Waals surface area (Å²) < 4.78 is 7.84. The van der Waals surface area contributed by atoms with Crippen LogP contribution in [0.3, 0.4) is 0 Å². The zero-order valence-corrected chi connectivity index (χ0v) is 15.4. The van der Waals surface area contributed by atoms with Crippen LogP contribution in [0.5, 0.6) is 5.75 Å². The molecule has 3 rings (SSSR count). The van der Waals surface area contributed by atoms with E-state index in [9.17, 15) is 5.11 Å². The van der Waals surface area contributed by atoms with Crippen LogP contribution in [0.1, 0.15) is 23.4 Å². The van der Waals surface area contributed by atoms with Gasteiger partial charge in [0.2, 0.25) is 0 Å². The lowest BCUT2D eigenvalue weighted by Crippen LogP contribution is -2.25. The Morgan fingerprint density at radius 3 is 2.73 bits per heavy atom. The molecular weight excluding hydrogens is 328 g/mol. The van der Waals surface area contributed by atoms with Gasteiger partial charge in [-0.3, -0.25) is 0 Å². The third kappa shape index (κ3) is 4.23. The molecule has 0 aliphatic heterocycles. The molecule has 0 saturated heterocycles. The topological polar surface area (TPSA) is 67.5 Å². The van der Waals surface area contributed by atoms with Crippen molar-refractivity contribution in [2.24, 2.45) is 0 Å². The lowest BCUT2D eigenvalue weighted by molar-refractivity contribution is 0.0923. The first-order valence-electron chi connectivity index (χ1n) is 9.01. The normalized spacial score (nSPS) is 12.5. The number of rotatable bonds is 8. The Morgan fingerprint density at radius 1 is 1.15 bits per heavy atom. The lowest BCUT2D eigenvalue weighted by atomic mass is 10.1. The van der Waals surface area contributed by atoms with Crippen molar-refractivity contribution in [1.29, 1.82) is 0 Å². The summed E-state index contributed by atoms with van der Waals surface area (Å²) in [7, 11) is 0. The Bertz CT molecular complexity index is 873. The summed E-state index contributed by atoms with van der Waals surface area (Å²) in [6.07, 6.45) is 0.676. The predicted molar refractivity (Wildman–Crippen MR) is 103 cm³/mol. The number of ether oxygens (including phenoxy) is 1. The number of hydrogen-bond donors (Lipinski definition) is 2. The van der Waals surface area contributed by atoms with Crippen molar-refractivity contribution in [2.75, 3.05) is 13.2 Å². The van der Waals surface area contributed by atoms with E-state index in [0.29, 0.717) is 19.4 Å². The van der Waals surface area contributed by atoms with Gasteiger partial charge in [0.1, 0.15) is 24.3 Å². The minimum atomic E-state index is -0.652. The van der Waals surface area contributed by atoms with E-state index in [1.807, 2.05) is 54.8 Å². The highest BCUT2D eigenvalue weighted by Gasteiger charge is 2.15. The van der Waals surface area contributed by atoms with Gasteiger partial charge in [0.05, 0.1) is 17.6 Å². The SMILES string of the molecule is Cc1ccc(OCC(O)Cn2c(CCCO)nc3ccccc32)c(C)c1. The van der Waals surface area contributed by atoms with Crippen molar-refractivity contribution in [3.05, 3.63) is 59.4 Å². The summed E-state index contributed by atoms with van der Waals surface area (Å²) in [5.41, 5.74) is 4.15. The number of nitrogens with zero attached hydrogens (tertiary/aromatic N) is 2. The maximum Gasteiger partial charge on any atom is 0.122 e. The van der Waals surface area contributed by atoms with Crippen LogP contribution in [-0.2, 0) is 13.0 Å². The van der Waals surface area contributed by atoms with E-state index in [0.717, 1.165) is 28.2 Å². The second kappa shape index (κ2) is 8.34. The molecule has 0 aliphatic carbocycles. The van der Waals surface area contributed by atoms with Crippen LogP contribution in [0.25, 0.3) is 11.0 Å². The van der Waals surface area contributed by atoms with Gasteiger partial charge in [-0.05, 0) is 44.0 Å². The van der Waals surface area contributed by atoms with E-state index in [2.05, 4.69) is 11.1 Å². The van der Waals surface area contributed by atoms with Gasteiger partial charge < -0.3 is 19.5 Å². The monoisotopic (exact) mass is 354 g/mol. The predicted octanol–water partition coefficient (Wildman–Crippen LogP) is 3.02. The summed E-state index contributed by atoms with van der Waals surface area (Å²) in [6, 6.07) is 13.9. The Balaban J connectivity index is 1.72. The average molecular weight is 354 g/mol. The van der Waals surface area contributed by atoms with Gasteiger partial charge in [-0.15, -0.1) is 0 Å². The molecule has 5 heteroatoms. The Morgan fingerprint density at radius 2 is 1.96 bits per heavy atom. The molecular formula is C21H26N2O3. The van der Waals surface area contributed by atoms with Crippen molar-refractivity contribution in [3.8, 4) is 5.75 Å². The first-order valence-corrected chi connectivity index (χ1v) is 9.01. The fraction of sp³-hybridized carbons (Fsp3) is 0.381. The molecule has 0 amide bonds.